The lowest BCUT2D eigenvalue weighted by Gasteiger charge is -2.02. The molecule has 0 saturated carbocycles. The highest BCUT2D eigenvalue weighted by atomic mass is 16.3. The van der Waals surface area contributed by atoms with Crippen molar-refractivity contribution in [1.82, 2.24) is 15.6 Å². The number of hydrazone groups is 1. The lowest BCUT2D eigenvalue weighted by Crippen LogP contribution is -2.19. The summed E-state index contributed by atoms with van der Waals surface area (Å²) in [5.41, 5.74) is 5.74. The summed E-state index contributed by atoms with van der Waals surface area (Å²) in [7, 11) is 0. The van der Waals surface area contributed by atoms with Crippen molar-refractivity contribution < 1.29 is 9.90 Å². The van der Waals surface area contributed by atoms with Crippen molar-refractivity contribution in [2.24, 2.45) is 5.10 Å². The number of phenolic OH excluding ortho intramolecular Hbond substituents is 1. The maximum absolute atomic E-state index is 12.4. The van der Waals surface area contributed by atoms with Gasteiger partial charge in [0.15, 0.2) is 0 Å². The number of nitrogens with one attached hydrogen (secondary N) is 2. The van der Waals surface area contributed by atoms with Gasteiger partial charge in [0, 0.05) is 11.1 Å². The van der Waals surface area contributed by atoms with E-state index < -0.39 is 0 Å². The Hall–Kier alpha value is -3.93. The van der Waals surface area contributed by atoms with Gasteiger partial charge >= 0.3 is 0 Å². The maximum Gasteiger partial charge on any atom is 0.289 e. The Kier molecular flexibility index (Phi) is 4.60. The molecule has 0 unspecified atom stereocenters. The highest BCUT2D eigenvalue weighted by Crippen LogP contribution is 2.23. The van der Waals surface area contributed by atoms with E-state index >= 15 is 0 Å². The third-order valence-electron chi connectivity index (χ3n) is 4.46. The van der Waals surface area contributed by atoms with Gasteiger partial charge in [-0.2, -0.15) is 10.2 Å². The molecule has 1 heterocycles. The second kappa shape index (κ2) is 7.36. The average molecular weight is 370 g/mol. The minimum absolute atomic E-state index is 0.145. The second-order valence-electron chi connectivity index (χ2n) is 6.42. The Bertz CT molecular complexity index is 1190. The maximum atomic E-state index is 12.4. The van der Waals surface area contributed by atoms with Crippen LogP contribution in [0.5, 0.6) is 5.75 Å². The number of hydrogen-bond acceptors (Lipinski definition) is 4. The molecule has 1 aromatic heterocycles. The standard InChI is InChI=1S/C22H18N4O2/c1-14(16-7-4-8-19(27)12-16)23-26-22(28)21-13-20(24-25-21)18-10-9-15-5-2-3-6-17(15)11-18/h2-13,27H,1H3,(H,24,25)(H,26,28). The molecule has 4 aromatic rings. The molecule has 0 spiro atoms. The van der Waals surface area contributed by atoms with Crippen LogP contribution >= 0.6 is 0 Å². The van der Waals surface area contributed by atoms with Gasteiger partial charge < -0.3 is 5.11 Å². The van der Waals surface area contributed by atoms with Crippen molar-refractivity contribution in [3.05, 3.63) is 84.1 Å². The van der Waals surface area contributed by atoms with Gasteiger partial charge in [0.25, 0.3) is 5.91 Å². The summed E-state index contributed by atoms with van der Waals surface area (Å²) in [6.07, 6.45) is 0. The molecule has 6 heteroatoms. The van der Waals surface area contributed by atoms with Gasteiger partial charge in [0.05, 0.1) is 11.4 Å². The first-order chi connectivity index (χ1) is 13.6. The van der Waals surface area contributed by atoms with Gasteiger partial charge in [-0.1, -0.05) is 48.5 Å². The largest absolute Gasteiger partial charge is 0.508 e. The quantitative estimate of drug-likeness (QED) is 0.373. The summed E-state index contributed by atoms with van der Waals surface area (Å²) in [4.78, 5) is 12.4. The fourth-order valence-corrected chi connectivity index (χ4v) is 2.92. The molecule has 0 aliphatic carbocycles. The van der Waals surface area contributed by atoms with Gasteiger partial charge in [-0.25, -0.2) is 5.43 Å². The summed E-state index contributed by atoms with van der Waals surface area (Å²) < 4.78 is 0. The predicted octanol–water partition coefficient (Wildman–Crippen LogP) is 4.09. The van der Waals surface area contributed by atoms with Crippen LogP contribution in [0.1, 0.15) is 23.0 Å². The van der Waals surface area contributed by atoms with Crippen LogP contribution in [0.3, 0.4) is 0 Å². The minimum Gasteiger partial charge on any atom is -0.508 e. The van der Waals surface area contributed by atoms with Crippen LogP contribution in [0.4, 0.5) is 0 Å². The Labute approximate surface area is 161 Å². The van der Waals surface area contributed by atoms with Crippen LogP contribution in [-0.4, -0.2) is 26.9 Å². The van der Waals surface area contributed by atoms with E-state index in [1.54, 1.807) is 37.3 Å². The highest BCUT2D eigenvalue weighted by molar-refractivity contribution is 6.01. The molecule has 138 valence electrons. The summed E-state index contributed by atoms with van der Waals surface area (Å²) in [5.74, 6) is -0.244. The number of benzene rings is 3. The molecule has 1 amide bonds. The van der Waals surface area contributed by atoms with Crippen molar-refractivity contribution in [3.8, 4) is 17.0 Å². The zero-order valence-corrected chi connectivity index (χ0v) is 15.2. The van der Waals surface area contributed by atoms with Crippen LogP contribution in [0.25, 0.3) is 22.0 Å². The van der Waals surface area contributed by atoms with Gasteiger partial charge in [0.1, 0.15) is 11.4 Å². The Morgan fingerprint density at radius 1 is 1.00 bits per heavy atom. The number of H-pyrrole nitrogens is 1. The molecule has 0 aliphatic rings. The molecule has 3 N–H and O–H groups in total. The highest BCUT2D eigenvalue weighted by Gasteiger charge is 2.11. The fourth-order valence-electron chi connectivity index (χ4n) is 2.92. The van der Waals surface area contributed by atoms with E-state index in [1.165, 1.54) is 0 Å². The SMILES string of the molecule is CC(=NNC(=O)c1cc(-c2ccc3ccccc3c2)n[nH]1)c1cccc(O)c1. The smallest absolute Gasteiger partial charge is 0.289 e. The average Bonchev–Trinajstić information content (AvgIpc) is 3.22. The lowest BCUT2D eigenvalue weighted by atomic mass is 10.1. The molecule has 28 heavy (non-hydrogen) atoms. The molecule has 4 rings (SSSR count). The van der Waals surface area contributed by atoms with Gasteiger partial charge in [-0.3, -0.25) is 9.89 Å². The van der Waals surface area contributed by atoms with Gasteiger partial charge in [-0.15, -0.1) is 0 Å². The summed E-state index contributed by atoms with van der Waals surface area (Å²) in [6.45, 7) is 1.75. The molecular formula is C22H18N4O2. The molecule has 0 bridgehead atoms. The zero-order valence-electron chi connectivity index (χ0n) is 15.2. The summed E-state index contributed by atoms with van der Waals surface area (Å²) in [5, 5.41) is 22.9. The van der Waals surface area contributed by atoms with Crippen LogP contribution < -0.4 is 5.43 Å². The van der Waals surface area contributed by atoms with Crippen LogP contribution in [0.2, 0.25) is 0 Å². The monoisotopic (exact) mass is 370 g/mol. The number of aromatic nitrogens is 2. The molecule has 6 nitrogen and oxygen atoms in total. The van der Waals surface area contributed by atoms with E-state index in [0.29, 0.717) is 17.1 Å². The van der Waals surface area contributed by atoms with Gasteiger partial charge in [-0.05, 0) is 42.0 Å². The number of rotatable bonds is 4. The van der Waals surface area contributed by atoms with E-state index in [1.807, 2.05) is 36.4 Å². The van der Waals surface area contributed by atoms with Crippen molar-refractivity contribution in [1.29, 1.82) is 0 Å². The van der Waals surface area contributed by atoms with Crippen LogP contribution in [0.15, 0.2) is 77.9 Å². The molecule has 0 radical (unpaired) electrons. The zero-order chi connectivity index (χ0) is 19.5. The van der Waals surface area contributed by atoms with Crippen molar-refractivity contribution in [2.75, 3.05) is 0 Å². The number of aromatic hydroxyl groups is 1. The third kappa shape index (κ3) is 3.61. The lowest BCUT2D eigenvalue weighted by molar-refractivity contribution is 0.0950. The molecule has 0 fully saturated rings. The number of amides is 1. The fraction of sp³-hybridized carbons (Fsp3) is 0.0455. The first kappa shape index (κ1) is 17.5. The summed E-state index contributed by atoms with van der Waals surface area (Å²) in [6, 6.07) is 22.5. The van der Waals surface area contributed by atoms with Crippen molar-refractivity contribution in [3.63, 3.8) is 0 Å². The van der Waals surface area contributed by atoms with Crippen molar-refractivity contribution >= 4 is 22.4 Å². The molecular weight excluding hydrogens is 352 g/mol. The first-order valence-corrected chi connectivity index (χ1v) is 8.79. The molecule has 0 saturated heterocycles. The van der Waals surface area contributed by atoms with E-state index in [9.17, 15) is 9.90 Å². The van der Waals surface area contributed by atoms with Gasteiger partial charge in [0.2, 0.25) is 0 Å². The summed E-state index contributed by atoms with van der Waals surface area (Å²) >= 11 is 0. The normalized spacial score (nSPS) is 11.5. The number of fused-ring (bicyclic) bond motifs is 1. The first-order valence-electron chi connectivity index (χ1n) is 8.79. The molecule has 0 atom stereocenters. The number of hydrogen-bond donors (Lipinski definition) is 3. The molecule has 3 aromatic carbocycles. The van der Waals surface area contributed by atoms with E-state index in [-0.39, 0.29) is 11.7 Å². The Morgan fingerprint density at radius 3 is 2.64 bits per heavy atom. The number of aromatic amines is 1. The van der Waals surface area contributed by atoms with E-state index in [2.05, 4.69) is 26.8 Å². The predicted molar refractivity (Wildman–Crippen MR) is 109 cm³/mol. The van der Waals surface area contributed by atoms with Crippen LogP contribution in [0, 0.1) is 0 Å². The Morgan fingerprint density at radius 2 is 1.82 bits per heavy atom. The topological polar surface area (TPSA) is 90.4 Å². The Balaban J connectivity index is 1.51. The van der Waals surface area contributed by atoms with E-state index in [4.69, 9.17) is 0 Å². The number of nitrogens with zero attached hydrogens (tertiary/aromatic N) is 2. The second-order valence-corrected chi connectivity index (χ2v) is 6.42. The molecule has 0 aliphatic heterocycles. The minimum atomic E-state index is -0.390. The number of phenols is 1. The number of carbonyl (C=O) groups excluding carboxylic acids is 1. The number of carbonyl (C=O) groups is 1. The van der Waals surface area contributed by atoms with Crippen LogP contribution in [-0.2, 0) is 0 Å². The third-order valence-corrected chi connectivity index (χ3v) is 4.46. The van der Waals surface area contributed by atoms with Crippen molar-refractivity contribution in [2.45, 2.75) is 6.92 Å². The van der Waals surface area contributed by atoms with E-state index in [0.717, 1.165) is 21.9 Å².